The van der Waals surface area contributed by atoms with Crippen LogP contribution < -0.4 is 5.73 Å². The first-order valence-electron chi connectivity index (χ1n) is 4.91. The van der Waals surface area contributed by atoms with Crippen molar-refractivity contribution >= 4 is 0 Å². The highest BCUT2D eigenvalue weighted by Gasteiger charge is 2.23. The van der Waals surface area contributed by atoms with E-state index in [1.807, 2.05) is 19.1 Å². The zero-order chi connectivity index (χ0) is 9.52. The lowest BCUT2D eigenvalue weighted by Gasteiger charge is -2.11. The lowest BCUT2D eigenvalue weighted by molar-refractivity contribution is -0.00553. The maximum absolute atomic E-state index is 5.62. The van der Waals surface area contributed by atoms with Crippen LogP contribution in [0.15, 0.2) is 12.2 Å². The normalized spacial score (nSPS) is 28.8. The topological polar surface area (TPSA) is 44.5 Å². The second kappa shape index (κ2) is 6.13. The molecule has 1 fully saturated rings. The van der Waals surface area contributed by atoms with Crippen molar-refractivity contribution in [1.82, 2.24) is 0 Å². The molecule has 1 saturated heterocycles. The minimum absolute atomic E-state index is 0.260. The average molecular weight is 185 g/mol. The molecule has 1 aliphatic rings. The van der Waals surface area contributed by atoms with Crippen molar-refractivity contribution in [1.29, 1.82) is 0 Å². The van der Waals surface area contributed by atoms with E-state index in [1.54, 1.807) is 0 Å². The van der Waals surface area contributed by atoms with Gasteiger partial charge in [-0.3, -0.25) is 0 Å². The van der Waals surface area contributed by atoms with Gasteiger partial charge < -0.3 is 15.2 Å². The van der Waals surface area contributed by atoms with Gasteiger partial charge in [0.2, 0.25) is 0 Å². The van der Waals surface area contributed by atoms with Gasteiger partial charge in [0.05, 0.1) is 25.4 Å². The van der Waals surface area contributed by atoms with Gasteiger partial charge in [-0.1, -0.05) is 12.2 Å². The van der Waals surface area contributed by atoms with E-state index in [0.717, 1.165) is 12.8 Å². The molecule has 0 aromatic carbocycles. The molecule has 0 aromatic rings. The monoisotopic (exact) mass is 185 g/mol. The summed E-state index contributed by atoms with van der Waals surface area (Å²) in [5, 5.41) is 0. The van der Waals surface area contributed by atoms with E-state index in [9.17, 15) is 0 Å². The fraction of sp³-hybridized carbons (Fsp3) is 0.800. The molecular weight excluding hydrogens is 166 g/mol. The van der Waals surface area contributed by atoms with Crippen molar-refractivity contribution in [3.05, 3.63) is 12.2 Å². The van der Waals surface area contributed by atoms with Gasteiger partial charge in [0, 0.05) is 6.54 Å². The molecule has 0 radical (unpaired) electrons. The smallest absolute Gasteiger partial charge is 0.0814 e. The Morgan fingerprint density at radius 1 is 1.46 bits per heavy atom. The highest BCUT2D eigenvalue weighted by atomic mass is 16.5. The van der Waals surface area contributed by atoms with Crippen molar-refractivity contribution in [2.45, 2.75) is 32.0 Å². The first kappa shape index (κ1) is 10.7. The maximum Gasteiger partial charge on any atom is 0.0814 e. The summed E-state index contributed by atoms with van der Waals surface area (Å²) in [7, 11) is 0. The summed E-state index contributed by atoms with van der Waals surface area (Å²) in [6.45, 7) is 4.00. The summed E-state index contributed by atoms with van der Waals surface area (Å²) < 4.78 is 11.0. The van der Waals surface area contributed by atoms with Gasteiger partial charge in [-0.05, 0) is 19.8 Å². The number of allylic oxidation sites excluding steroid dienone is 1. The second-order valence-electron chi connectivity index (χ2n) is 3.30. The predicted molar refractivity (Wildman–Crippen MR) is 52.6 cm³/mol. The third-order valence-electron chi connectivity index (χ3n) is 2.21. The zero-order valence-electron chi connectivity index (χ0n) is 8.24. The molecule has 0 spiro atoms. The van der Waals surface area contributed by atoms with Crippen LogP contribution in [0.1, 0.15) is 19.8 Å². The summed E-state index contributed by atoms with van der Waals surface area (Å²) in [4.78, 5) is 0. The van der Waals surface area contributed by atoms with E-state index in [0.29, 0.717) is 19.8 Å². The van der Waals surface area contributed by atoms with Crippen LogP contribution in [0.2, 0.25) is 0 Å². The fourth-order valence-corrected chi connectivity index (χ4v) is 1.44. The quantitative estimate of drug-likeness (QED) is 0.515. The van der Waals surface area contributed by atoms with E-state index in [-0.39, 0.29) is 12.2 Å². The molecule has 2 atom stereocenters. The Hall–Kier alpha value is -0.380. The molecular formula is C10H19NO2. The van der Waals surface area contributed by atoms with E-state index in [4.69, 9.17) is 15.2 Å². The molecule has 0 amide bonds. The molecule has 0 bridgehead atoms. The molecule has 2 unspecified atom stereocenters. The SMILES string of the molecule is CC=CCOCC1CCC(CN)O1. The third-order valence-corrected chi connectivity index (χ3v) is 2.21. The van der Waals surface area contributed by atoms with Crippen LogP contribution in [0.4, 0.5) is 0 Å². The number of ether oxygens (including phenoxy) is 2. The summed E-state index contributed by atoms with van der Waals surface area (Å²) in [5.41, 5.74) is 5.50. The lowest BCUT2D eigenvalue weighted by Crippen LogP contribution is -2.22. The molecule has 0 aliphatic carbocycles. The number of nitrogens with two attached hydrogens (primary N) is 1. The molecule has 13 heavy (non-hydrogen) atoms. The molecule has 1 aliphatic heterocycles. The molecule has 0 aromatic heterocycles. The molecule has 3 nitrogen and oxygen atoms in total. The third kappa shape index (κ3) is 3.89. The van der Waals surface area contributed by atoms with Gasteiger partial charge in [-0.2, -0.15) is 0 Å². The highest BCUT2D eigenvalue weighted by molar-refractivity contribution is 4.77. The van der Waals surface area contributed by atoms with Crippen molar-refractivity contribution in [2.75, 3.05) is 19.8 Å². The van der Waals surface area contributed by atoms with Crippen molar-refractivity contribution < 1.29 is 9.47 Å². The standard InChI is InChI=1S/C10H19NO2/c1-2-3-6-12-8-10-5-4-9(7-11)13-10/h2-3,9-10H,4-8,11H2,1H3. The van der Waals surface area contributed by atoms with E-state index in [1.165, 1.54) is 0 Å². The van der Waals surface area contributed by atoms with Crippen LogP contribution in [-0.4, -0.2) is 32.0 Å². The van der Waals surface area contributed by atoms with Gasteiger partial charge in [-0.25, -0.2) is 0 Å². The number of hydrogen-bond donors (Lipinski definition) is 1. The van der Waals surface area contributed by atoms with Gasteiger partial charge in [0.1, 0.15) is 0 Å². The van der Waals surface area contributed by atoms with Crippen molar-refractivity contribution in [2.24, 2.45) is 5.73 Å². The molecule has 0 saturated carbocycles. The van der Waals surface area contributed by atoms with Crippen molar-refractivity contribution in [3.63, 3.8) is 0 Å². The van der Waals surface area contributed by atoms with E-state index in [2.05, 4.69) is 0 Å². The Balaban J connectivity index is 2.03. The Kier molecular flexibility index (Phi) is 5.05. The molecule has 2 N–H and O–H groups in total. The van der Waals surface area contributed by atoms with Crippen LogP contribution in [0.25, 0.3) is 0 Å². The summed E-state index contributed by atoms with van der Waals surface area (Å²) in [5.74, 6) is 0. The second-order valence-corrected chi connectivity index (χ2v) is 3.30. The first-order chi connectivity index (χ1) is 6.36. The zero-order valence-corrected chi connectivity index (χ0v) is 8.24. The summed E-state index contributed by atoms with van der Waals surface area (Å²) in [6, 6.07) is 0. The first-order valence-corrected chi connectivity index (χ1v) is 4.91. The Bertz CT molecular complexity index is 159. The fourth-order valence-electron chi connectivity index (χ4n) is 1.44. The molecule has 1 heterocycles. The minimum Gasteiger partial charge on any atom is -0.375 e. The minimum atomic E-state index is 0.260. The Morgan fingerprint density at radius 3 is 2.85 bits per heavy atom. The number of hydrogen-bond acceptors (Lipinski definition) is 3. The maximum atomic E-state index is 5.62. The average Bonchev–Trinajstić information content (AvgIpc) is 2.60. The van der Waals surface area contributed by atoms with Crippen molar-refractivity contribution in [3.8, 4) is 0 Å². The predicted octanol–water partition coefficient (Wildman–Crippen LogP) is 1.09. The Morgan fingerprint density at radius 2 is 2.23 bits per heavy atom. The largest absolute Gasteiger partial charge is 0.375 e. The summed E-state index contributed by atoms with van der Waals surface area (Å²) >= 11 is 0. The van der Waals surface area contributed by atoms with Gasteiger partial charge >= 0.3 is 0 Å². The molecule has 76 valence electrons. The van der Waals surface area contributed by atoms with Crippen LogP contribution in [0.3, 0.4) is 0 Å². The van der Waals surface area contributed by atoms with E-state index < -0.39 is 0 Å². The number of rotatable bonds is 5. The van der Waals surface area contributed by atoms with Crippen LogP contribution in [0.5, 0.6) is 0 Å². The van der Waals surface area contributed by atoms with Crippen LogP contribution in [-0.2, 0) is 9.47 Å². The van der Waals surface area contributed by atoms with Gasteiger partial charge in [-0.15, -0.1) is 0 Å². The highest BCUT2D eigenvalue weighted by Crippen LogP contribution is 2.18. The molecule has 1 rings (SSSR count). The summed E-state index contributed by atoms with van der Waals surface area (Å²) in [6.07, 6.45) is 6.66. The Labute approximate surface area is 79.9 Å². The van der Waals surface area contributed by atoms with Crippen LogP contribution >= 0.6 is 0 Å². The lowest BCUT2D eigenvalue weighted by atomic mass is 10.2. The molecule has 3 heteroatoms. The van der Waals surface area contributed by atoms with Crippen LogP contribution in [0, 0.1) is 0 Å². The van der Waals surface area contributed by atoms with E-state index >= 15 is 0 Å². The van der Waals surface area contributed by atoms with Gasteiger partial charge in [0.25, 0.3) is 0 Å². The van der Waals surface area contributed by atoms with Gasteiger partial charge in [0.15, 0.2) is 0 Å².